The summed E-state index contributed by atoms with van der Waals surface area (Å²) in [6, 6.07) is 8.18. The molecule has 1 saturated heterocycles. The number of hydrogen-bond acceptors (Lipinski definition) is 3. The molecule has 1 heterocycles. The Hall–Kier alpha value is -1.55. The number of hydrogen-bond donors (Lipinski definition) is 1. The standard InChI is InChI=1S/C18H27NO3/c1-22-17-9-7-15(8-10-17)5-3-2-4-6-18(21)19-13-11-16(20)12-14-19/h7-10,16,20H,2-6,11-14H2,1H3. The van der Waals surface area contributed by atoms with Crippen molar-refractivity contribution in [3.63, 3.8) is 0 Å². The lowest BCUT2D eigenvalue weighted by Gasteiger charge is -2.29. The molecule has 0 aromatic heterocycles. The molecule has 1 aliphatic rings. The maximum atomic E-state index is 12.0. The molecule has 0 bridgehead atoms. The van der Waals surface area contributed by atoms with Crippen LogP contribution in [0.4, 0.5) is 0 Å². The molecule has 0 saturated carbocycles. The number of ether oxygens (including phenoxy) is 1. The van der Waals surface area contributed by atoms with Crippen LogP contribution in [0.25, 0.3) is 0 Å². The Labute approximate surface area is 133 Å². The number of likely N-dealkylation sites (tertiary alicyclic amines) is 1. The van der Waals surface area contributed by atoms with Crippen LogP contribution in [-0.4, -0.2) is 42.2 Å². The van der Waals surface area contributed by atoms with E-state index in [4.69, 9.17) is 4.74 Å². The average Bonchev–Trinajstić information content (AvgIpc) is 2.55. The van der Waals surface area contributed by atoms with E-state index in [1.165, 1.54) is 5.56 Å². The first-order chi connectivity index (χ1) is 10.7. The van der Waals surface area contributed by atoms with Crippen LogP contribution in [0.2, 0.25) is 0 Å². The van der Waals surface area contributed by atoms with E-state index in [2.05, 4.69) is 12.1 Å². The zero-order valence-electron chi connectivity index (χ0n) is 13.5. The molecule has 0 unspecified atom stereocenters. The third-order valence-electron chi connectivity index (χ3n) is 4.33. The van der Waals surface area contributed by atoms with Crippen LogP contribution in [0.3, 0.4) is 0 Å². The molecule has 0 atom stereocenters. The Morgan fingerprint density at radius 1 is 1.18 bits per heavy atom. The number of aliphatic hydroxyl groups excluding tert-OH is 1. The van der Waals surface area contributed by atoms with E-state index in [1.54, 1.807) is 7.11 Å². The normalized spacial score (nSPS) is 15.8. The molecule has 1 aromatic carbocycles. The van der Waals surface area contributed by atoms with Crippen LogP contribution in [0, 0.1) is 0 Å². The summed E-state index contributed by atoms with van der Waals surface area (Å²) in [7, 11) is 1.68. The summed E-state index contributed by atoms with van der Waals surface area (Å²) in [5, 5.41) is 9.45. The molecular weight excluding hydrogens is 278 g/mol. The number of methoxy groups -OCH3 is 1. The highest BCUT2D eigenvalue weighted by atomic mass is 16.5. The fourth-order valence-electron chi connectivity index (χ4n) is 2.85. The van der Waals surface area contributed by atoms with Gasteiger partial charge >= 0.3 is 0 Å². The Bertz CT molecular complexity index is 450. The van der Waals surface area contributed by atoms with Crippen LogP contribution in [-0.2, 0) is 11.2 Å². The molecule has 1 fully saturated rings. The molecule has 1 N–H and O–H groups in total. The summed E-state index contributed by atoms with van der Waals surface area (Å²) in [5.74, 6) is 1.14. The summed E-state index contributed by atoms with van der Waals surface area (Å²) >= 11 is 0. The second-order valence-corrected chi connectivity index (χ2v) is 6.02. The van der Waals surface area contributed by atoms with Crippen molar-refractivity contribution < 1.29 is 14.6 Å². The van der Waals surface area contributed by atoms with E-state index in [9.17, 15) is 9.90 Å². The minimum Gasteiger partial charge on any atom is -0.497 e. The van der Waals surface area contributed by atoms with Crippen molar-refractivity contribution in [2.45, 2.75) is 51.0 Å². The van der Waals surface area contributed by atoms with E-state index in [0.29, 0.717) is 19.5 Å². The highest BCUT2D eigenvalue weighted by Gasteiger charge is 2.20. The largest absolute Gasteiger partial charge is 0.497 e. The van der Waals surface area contributed by atoms with Crippen LogP contribution in [0.5, 0.6) is 5.75 Å². The lowest BCUT2D eigenvalue weighted by Crippen LogP contribution is -2.39. The maximum Gasteiger partial charge on any atom is 0.222 e. The highest BCUT2D eigenvalue weighted by molar-refractivity contribution is 5.76. The predicted molar refractivity (Wildman–Crippen MR) is 87.0 cm³/mol. The van der Waals surface area contributed by atoms with Gasteiger partial charge in [0.05, 0.1) is 13.2 Å². The maximum absolute atomic E-state index is 12.0. The number of unbranched alkanes of at least 4 members (excludes halogenated alkanes) is 2. The van der Waals surface area contributed by atoms with E-state index in [1.807, 2.05) is 17.0 Å². The molecule has 1 amide bonds. The lowest BCUT2D eigenvalue weighted by molar-refractivity contribution is -0.133. The van der Waals surface area contributed by atoms with Crippen molar-refractivity contribution in [3.05, 3.63) is 29.8 Å². The second kappa shape index (κ2) is 8.79. The molecule has 0 radical (unpaired) electrons. The van der Waals surface area contributed by atoms with Crippen LogP contribution in [0.15, 0.2) is 24.3 Å². The Morgan fingerprint density at radius 2 is 1.86 bits per heavy atom. The van der Waals surface area contributed by atoms with Crippen LogP contribution in [0.1, 0.15) is 44.1 Å². The van der Waals surface area contributed by atoms with Gasteiger partial charge in [-0.2, -0.15) is 0 Å². The van der Waals surface area contributed by atoms with E-state index < -0.39 is 0 Å². The van der Waals surface area contributed by atoms with Gasteiger partial charge in [-0.05, 0) is 49.8 Å². The quantitative estimate of drug-likeness (QED) is 0.788. The minimum atomic E-state index is -0.214. The fourth-order valence-corrected chi connectivity index (χ4v) is 2.85. The third-order valence-corrected chi connectivity index (χ3v) is 4.33. The SMILES string of the molecule is COc1ccc(CCCCCC(=O)N2CCC(O)CC2)cc1. The number of carbonyl (C=O) groups is 1. The lowest BCUT2D eigenvalue weighted by atomic mass is 10.0. The van der Waals surface area contributed by atoms with Crippen molar-refractivity contribution in [3.8, 4) is 5.75 Å². The van der Waals surface area contributed by atoms with Crippen LogP contribution < -0.4 is 4.74 Å². The van der Waals surface area contributed by atoms with Gasteiger partial charge in [-0.3, -0.25) is 4.79 Å². The number of nitrogens with zero attached hydrogens (tertiary/aromatic N) is 1. The van der Waals surface area contributed by atoms with Gasteiger partial charge in [0.15, 0.2) is 0 Å². The zero-order valence-corrected chi connectivity index (χ0v) is 13.5. The fraction of sp³-hybridized carbons (Fsp3) is 0.611. The summed E-state index contributed by atoms with van der Waals surface area (Å²) in [6.07, 6.45) is 6.06. The Kier molecular flexibility index (Phi) is 6.72. The summed E-state index contributed by atoms with van der Waals surface area (Å²) in [4.78, 5) is 13.9. The molecule has 0 aliphatic carbocycles. The molecule has 0 spiro atoms. The van der Waals surface area contributed by atoms with Crippen molar-refractivity contribution in [1.29, 1.82) is 0 Å². The molecule has 2 rings (SSSR count). The number of carbonyl (C=O) groups excluding carboxylic acids is 1. The first-order valence-corrected chi connectivity index (χ1v) is 8.28. The molecule has 22 heavy (non-hydrogen) atoms. The number of piperidine rings is 1. The van der Waals surface area contributed by atoms with Gasteiger partial charge in [0.25, 0.3) is 0 Å². The number of amides is 1. The molecule has 1 aliphatic heterocycles. The predicted octanol–water partition coefficient (Wildman–Crippen LogP) is 2.78. The van der Waals surface area contributed by atoms with Gasteiger partial charge < -0.3 is 14.7 Å². The first kappa shape index (κ1) is 16.8. The average molecular weight is 305 g/mol. The van der Waals surface area contributed by atoms with Gasteiger partial charge in [0, 0.05) is 19.5 Å². The van der Waals surface area contributed by atoms with Crippen molar-refractivity contribution in [2.75, 3.05) is 20.2 Å². The number of rotatable bonds is 7. The number of aliphatic hydroxyl groups is 1. The molecule has 1 aromatic rings. The topological polar surface area (TPSA) is 49.8 Å². The second-order valence-electron chi connectivity index (χ2n) is 6.02. The number of aryl methyl sites for hydroxylation is 1. The monoisotopic (exact) mass is 305 g/mol. The zero-order chi connectivity index (χ0) is 15.8. The van der Waals surface area contributed by atoms with Gasteiger partial charge in [0.2, 0.25) is 5.91 Å². The minimum absolute atomic E-state index is 0.214. The molecule has 4 heteroatoms. The van der Waals surface area contributed by atoms with Gasteiger partial charge in [0.1, 0.15) is 5.75 Å². The van der Waals surface area contributed by atoms with Crippen molar-refractivity contribution in [1.82, 2.24) is 4.90 Å². The van der Waals surface area contributed by atoms with E-state index in [-0.39, 0.29) is 12.0 Å². The molecule has 122 valence electrons. The van der Waals surface area contributed by atoms with Gasteiger partial charge in [-0.15, -0.1) is 0 Å². The van der Waals surface area contributed by atoms with Crippen LogP contribution >= 0.6 is 0 Å². The number of benzene rings is 1. The Balaban J connectivity index is 1.57. The highest BCUT2D eigenvalue weighted by Crippen LogP contribution is 2.15. The van der Waals surface area contributed by atoms with Gasteiger partial charge in [-0.1, -0.05) is 18.6 Å². The summed E-state index contributed by atoms with van der Waals surface area (Å²) in [6.45, 7) is 1.43. The molecule has 4 nitrogen and oxygen atoms in total. The summed E-state index contributed by atoms with van der Waals surface area (Å²) < 4.78 is 5.15. The van der Waals surface area contributed by atoms with Gasteiger partial charge in [-0.25, -0.2) is 0 Å². The first-order valence-electron chi connectivity index (χ1n) is 8.28. The Morgan fingerprint density at radius 3 is 2.50 bits per heavy atom. The third kappa shape index (κ3) is 5.34. The summed E-state index contributed by atoms with van der Waals surface area (Å²) in [5.41, 5.74) is 1.32. The smallest absolute Gasteiger partial charge is 0.222 e. The van der Waals surface area contributed by atoms with E-state index in [0.717, 1.165) is 44.3 Å². The molecular formula is C18H27NO3. The van der Waals surface area contributed by atoms with Crippen molar-refractivity contribution in [2.24, 2.45) is 0 Å². The van der Waals surface area contributed by atoms with Crippen molar-refractivity contribution >= 4 is 5.91 Å². The van der Waals surface area contributed by atoms with E-state index >= 15 is 0 Å².